The van der Waals surface area contributed by atoms with E-state index in [4.69, 9.17) is 9.97 Å². The number of fused-ring (bicyclic) bond motifs is 2. The second kappa shape index (κ2) is 7.86. The molecule has 11 heteroatoms. The molecule has 1 saturated heterocycles. The maximum Gasteiger partial charge on any atom is 0.330 e. The molecule has 178 valence electrons. The van der Waals surface area contributed by atoms with Crippen LogP contribution in [0.15, 0.2) is 29.3 Å². The summed E-state index contributed by atoms with van der Waals surface area (Å²) in [5.74, 6) is 0.313. The highest BCUT2D eigenvalue weighted by Gasteiger charge is 2.31. The fraction of sp³-hybridized carbons (Fsp3) is 0.478. The van der Waals surface area contributed by atoms with E-state index >= 15 is 0 Å². The minimum atomic E-state index is -0.976. The molecule has 2 fully saturated rings. The van der Waals surface area contributed by atoms with E-state index in [1.54, 1.807) is 22.2 Å². The zero-order chi connectivity index (χ0) is 23.6. The number of imidazole rings is 2. The summed E-state index contributed by atoms with van der Waals surface area (Å²) in [5.41, 5.74) is 1.87. The summed E-state index contributed by atoms with van der Waals surface area (Å²) in [5, 5.41) is 9.96. The zero-order valence-corrected chi connectivity index (χ0v) is 18.7. The van der Waals surface area contributed by atoms with Gasteiger partial charge in [0.15, 0.2) is 11.5 Å². The Balaban J connectivity index is 1.61. The number of aliphatic hydroxyl groups excluding tert-OH is 1. The van der Waals surface area contributed by atoms with Gasteiger partial charge in [0.05, 0.1) is 23.7 Å². The van der Waals surface area contributed by atoms with Crippen molar-refractivity contribution in [2.24, 2.45) is 7.05 Å². The Labute approximate surface area is 193 Å². The van der Waals surface area contributed by atoms with Crippen LogP contribution in [0.2, 0.25) is 0 Å². The molecular formula is C23H25F2N7O2. The standard InChI is InChI=1S/C23H25F2N7O2/c1-29-19-20(30-9-8-14(25)11-30)27-22(31-12-26-17-7-2-13(24)10-18(17)31)28-21(19)32(23(29)34)15-3-5-16(33)6-4-15/h2,7,10,12,14-16,33H,3-6,8-9,11H2,1H3/t14-,15-,16-/m0/s1. The lowest BCUT2D eigenvalue weighted by Crippen LogP contribution is -2.30. The van der Waals surface area contributed by atoms with Crippen molar-refractivity contribution in [1.29, 1.82) is 0 Å². The van der Waals surface area contributed by atoms with Crippen molar-refractivity contribution in [1.82, 2.24) is 28.7 Å². The topological polar surface area (TPSA) is 94.0 Å². The van der Waals surface area contributed by atoms with Gasteiger partial charge >= 0.3 is 5.69 Å². The van der Waals surface area contributed by atoms with E-state index < -0.39 is 12.0 Å². The largest absolute Gasteiger partial charge is 0.393 e. The molecule has 0 amide bonds. The van der Waals surface area contributed by atoms with E-state index in [-0.39, 0.29) is 30.3 Å². The highest BCUT2D eigenvalue weighted by atomic mass is 19.1. The Kier molecular flexibility index (Phi) is 4.91. The molecule has 3 aromatic heterocycles. The van der Waals surface area contributed by atoms with Crippen LogP contribution in [-0.2, 0) is 7.05 Å². The monoisotopic (exact) mass is 469 g/mol. The van der Waals surface area contributed by atoms with E-state index in [2.05, 4.69) is 4.98 Å². The van der Waals surface area contributed by atoms with Crippen LogP contribution in [0.25, 0.3) is 28.1 Å². The van der Waals surface area contributed by atoms with Gasteiger partial charge in [-0.3, -0.25) is 13.7 Å². The summed E-state index contributed by atoms with van der Waals surface area (Å²) in [4.78, 5) is 29.1. The molecule has 0 spiro atoms. The van der Waals surface area contributed by atoms with Crippen molar-refractivity contribution < 1.29 is 13.9 Å². The van der Waals surface area contributed by atoms with Gasteiger partial charge in [-0.05, 0) is 44.2 Å². The first-order chi connectivity index (χ1) is 16.4. The molecule has 4 aromatic rings. The summed E-state index contributed by atoms with van der Waals surface area (Å²) in [6, 6.07) is 4.18. The molecule has 1 aliphatic heterocycles. The van der Waals surface area contributed by atoms with E-state index in [0.29, 0.717) is 66.7 Å². The molecule has 0 bridgehead atoms. The van der Waals surface area contributed by atoms with Gasteiger partial charge in [0.2, 0.25) is 5.95 Å². The molecule has 1 aliphatic carbocycles. The average molecular weight is 469 g/mol. The Morgan fingerprint density at radius 2 is 1.91 bits per heavy atom. The number of aryl methyl sites for hydroxylation is 1. The quantitative estimate of drug-likeness (QED) is 0.496. The molecule has 0 radical (unpaired) electrons. The molecule has 6 rings (SSSR count). The van der Waals surface area contributed by atoms with Crippen molar-refractivity contribution in [3.63, 3.8) is 0 Å². The van der Waals surface area contributed by atoms with E-state index in [9.17, 15) is 18.7 Å². The second-order valence-corrected chi connectivity index (χ2v) is 9.27. The van der Waals surface area contributed by atoms with Gasteiger partial charge < -0.3 is 10.0 Å². The van der Waals surface area contributed by atoms with Crippen LogP contribution >= 0.6 is 0 Å². The number of benzene rings is 1. The van der Waals surface area contributed by atoms with Crippen molar-refractivity contribution in [3.8, 4) is 5.95 Å². The highest BCUT2D eigenvalue weighted by Crippen LogP contribution is 2.34. The number of alkyl halides is 1. The predicted octanol–water partition coefficient (Wildman–Crippen LogP) is 2.63. The Hall–Kier alpha value is -3.34. The van der Waals surface area contributed by atoms with Crippen molar-refractivity contribution in [2.75, 3.05) is 18.0 Å². The third-order valence-electron chi connectivity index (χ3n) is 7.08. The van der Waals surface area contributed by atoms with Crippen LogP contribution in [0.1, 0.15) is 38.1 Å². The van der Waals surface area contributed by atoms with Crippen LogP contribution in [0, 0.1) is 5.82 Å². The number of halogens is 2. The van der Waals surface area contributed by atoms with Crippen LogP contribution < -0.4 is 10.6 Å². The van der Waals surface area contributed by atoms with Gasteiger partial charge in [0, 0.05) is 25.7 Å². The minimum Gasteiger partial charge on any atom is -0.393 e. The molecule has 1 aromatic carbocycles. The molecular weight excluding hydrogens is 444 g/mol. The lowest BCUT2D eigenvalue weighted by Gasteiger charge is -2.26. The molecule has 1 N–H and O–H groups in total. The third kappa shape index (κ3) is 3.29. The van der Waals surface area contributed by atoms with Crippen LogP contribution in [-0.4, -0.2) is 59.1 Å². The van der Waals surface area contributed by atoms with Gasteiger partial charge in [-0.25, -0.2) is 18.6 Å². The molecule has 1 atom stereocenters. The third-order valence-corrected chi connectivity index (χ3v) is 7.08. The number of aliphatic hydroxyl groups is 1. The number of anilines is 1. The Morgan fingerprint density at radius 1 is 1.12 bits per heavy atom. The number of hydrogen-bond acceptors (Lipinski definition) is 6. The summed E-state index contributed by atoms with van der Waals surface area (Å²) >= 11 is 0. The molecule has 4 heterocycles. The van der Waals surface area contributed by atoms with E-state index in [0.717, 1.165) is 0 Å². The smallest absolute Gasteiger partial charge is 0.330 e. The van der Waals surface area contributed by atoms with Crippen LogP contribution in [0.3, 0.4) is 0 Å². The van der Waals surface area contributed by atoms with Crippen LogP contribution in [0.5, 0.6) is 0 Å². The Bertz CT molecular complexity index is 1450. The zero-order valence-electron chi connectivity index (χ0n) is 18.7. The molecule has 0 unspecified atom stereocenters. The van der Waals surface area contributed by atoms with Crippen molar-refractivity contribution in [3.05, 3.63) is 40.8 Å². The van der Waals surface area contributed by atoms with Crippen molar-refractivity contribution >= 4 is 28.0 Å². The van der Waals surface area contributed by atoms with Gasteiger partial charge in [-0.15, -0.1) is 0 Å². The molecule has 2 aliphatic rings. The maximum absolute atomic E-state index is 14.2. The van der Waals surface area contributed by atoms with E-state index in [1.165, 1.54) is 23.0 Å². The normalized spacial score (nSPS) is 23.4. The second-order valence-electron chi connectivity index (χ2n) is 9.27. The van der Waals surface area contributed by atoms with E-state index in [1.807, 2.05) is 4.90 Å². The van der Waals surface area contributed by atoms with Gasteiger partial charge in [0.1, 0.15) is 23.8 Å². The van der Waals surface area contributed by atoms with Gasteiger partial charge in [-0.2, -0.15) is 9.97 Å². The van der Waals surface area contributed by atoms with Gasteiger partial charge in [-0.1, -0.05) is 0 Å². The fourth-order valence-corrected chi connectivity index (χ4v) is 5.26. The first-order valence-corrected chi connectivity index (χ1v) is 11.6. The summed E-state index contributed by atoms with van der Waals surface area (Å²) in [7, 11) is 1.68. The number of aromatic nitrogens is 6. The summed E-state index contributed by atoms with van der Waals surface area (Å²) in [6.45, 7) is 0.654. The van der Waals surface area contributed by atoms with Crippen LogP contribution in [0.4, 0.5) is 14.6 Å². The van der Waals surface area contributed by atoms with Crippen molar-refractivity contribution in [2.45, 2.75) is 50.4 Å². The molecule has 34 heavy (non-hydrogen) atoms. The first kappa shape index (κ1) is 21.2. The fourth-order valence-electron chi connectivity index (χ4n) is 5.26. The van der Waals surface area contributed by atoms with Gasteiger partial charge in [0.25, 0.3) is 0 Å². The predicted molar refractivity (Wildman–Crippen MR) is 123 cm³/mol. The molecule has 1 saturated carbocycles. The SMILES string of the molecule is Cn1c(=O)n([C@H]2CC[C@H](O)CC2)c2nc(-n3cnc4ccc(F)cc43)nc(N3CC[C@H](F)C3)c21. The maximum atomic E-state index is 14.2. The minimum absolute atomic E-state index is 0.111. The average Bonchev–Trinajstić information content (AvgIpc) is 3.51. The Morgan fingerprint density at radius 3 is 2.65 bits per heavy atom. The number of nitrogens with zero attached hydrogens (tertiary/aromatic N) is 7. The first-order valence-electron chi connectivity index (χ1n) is 11.6. The summed E-state index contributed by atoms with van der Waals surface area (Å²) in [6.07, 6.45) is 3.11. The number of rotatable bonds is 3. The summed E-state index contributed by atoms with van der Waals surface area (Å²) < 4.78 is 33.0. The number of hydrogen-bond donors (Lipinski definition) is 1. The lowest BCUT2D eigenvalue weighted by atomic mass is 9.93. The molecule has 9 nitrogen and oxygen atoms in total. The highest BCUT2D eigenvalue weighted by molar-refractivity contribution is 5.86. The lowest BCUT2D eigenvalue weighted by molar-refractivity contribution is 0.110.